The lowest BCUT2D eigenvalue weighted by molar-refractivity contribution is -0.111. The molecule has 0 atom stereocenters. The number of nitrogens with one attached hydrogen (secondary N) is 1. The quantitative estimate of drug-likeness (QED) is 0.491. The number of aromatic nitrogens is 2. The van der Waals surface area contributed by atoms with Gasteiger partial charge in [-0.15, -0.1) is 6.42 Å². The third-order valence-corrected chi connectivity index (χ3v) is 4.69. The number of aryl methyl sites for hydroxylation is 1. The van der Waals surface area contributed by atoms with Crippen LogP contribution in [-0.4, -0.2) is 15.7 Å². The second kappa shape index (κ2) is 8.32. The van der Waals surface area contributed by atoms with Crippen LogP contribution in [-0.2, 0) is 11.8 Å². The molecule has 1 N–H and O–H groups in total. The van der Waals surface area contributed by atoms with Gasteiger partial charge >= 0.3 is 0 Å². The minimum Gasteiger partial charge on any atom is -0.454 e. The summed E-state index contributed by atoms with van der Waals surface area (Å²) in [4.78, 5) is 24.2. The highest BCUT2D eigenvalue weighted by atomic mass is 19.1. The lowest BCUT2D eigenvalue weighted by atomic mass is 10.0. The van der Waals surface area contributed by atoms with Gasteiger partial charge < -0.3 is 10.1 Å². The molecule has 0 aliphatic carbocycles. The molecule has 158 valence electrons. The summed E-state index contributed by atoms with van der Waals surface area (Å²) in [6, 6.07) is 14.3. The number of halogens is 2. The van der Waals surface area contributed by atoms with Gasteiger partial charge in [-0.3, -0.25) is 9.59 Å². The number of terminal acetylenes is 1. The number of carbonyl (C=O) groups is 1. The topological polar surface area (TPSA) is 73.2 Å². The van der Waals surface area contributed by atoms with Crippen molar-refractivity contribution in [2.45, 2.75) is 0 Å². The molecule has 0 bridgehead atoms. The van der Waals surface area contributed by atoms with Crippen molar-refractivity contribution in [3.63, 3.8) is 0 Å². The number of rotatable bonds is 4. The molecule has 1 heterocycles. The number of amides is 1. The van der Waals surface area contributed by atoms with Crippen LogP contribution < -0.4 is 15.6 Å². The van der Waals surface area contributed by atoms with E-state index in [2.05, 4.69) is 10.4 Å². The van der Waals surface area contributed by atoms with Gasteiger partial charge in [0.2, 0.25) is 0 Å². The summed E-state index contributed by atoms with van der Waals surface area (Å²) in [5.41, 5.74) is 0.759. The standard InChI is InChI=1S/C24H15F2N3O3/c1-3-22(30)27-15-9-11-20(32-21-10-8-14(25)12-19(21)26)18(13-15)23-16-6-4-5-7-17(16)24(31)29(2)28-23/h1,4-13H,2H3,(H,27,30). The summed E-state index contributed by atoms with van der Waals surface area (Å²) in [5, 5.41) is 7.84. The van der Waals surface area contributed by atoms with E-state index in [4.69, 9.17) is 11.2 Å². The number of anilines is 1. The Bertz CT molecular complexity index is 1470. The molecule has 4 rings (SSSR count). The zero-order chi connectivity index (χ0) is 22.8. The third kappa shape index (κ3) is 3.91. The van der Waals surface area contributed by atoms with E-state index in [0.29, 0.717) is 33.8 Å². The molecular weight excluding hydrogens is 416 g/mol. The fraction of sp³-hybridized carbons (Fsp3) is 0.0417. The number of fused-ring (bicyclic) bond motifs is 1. The van der Waals surface area contributed by atoms with Gasteiger partial charge in [-0.2, -0.15) is 5.10 Å². The van der Waals surface area contributed by atoms with Crippen molar-refractivity contribution >= 4 is 22.4 Å². The second-order valence-corrected chi connectivity index (χ2v) is 6.81. The summed E-state index contributed by atoms with van der Waals surface area (Å²) in [6.45, 7) is 0. The Morgan fingerprint density at radius 3 is 2.50 bits per heavy atom. The van der Waals surface area contributed by atoms with E-state index < -0.39 is 17.5 Å². The number of nitrogens with zero attached hydrogens (tertiary/aromatic N) is 2. The lowest BCUT2D eigenvalue weighted by Gasteiger charge is -2.15. The zero-order valence-corrected chi connectivity index (χ0v) is 16.7. The Morgan fingerprint density at radius 2 is 1.78 bits per heavy atom. The molecule has 6 nitrogen and oxygen atoms in total. The molecular formula is C24H15F2N3O3. The van der Waals surface area contributed by atoms with Crippen LogP contribution in [0.3, 0.4) is 0 Å². The fourth-order valence-corrected chi connectivity index (χ4v) is 3.22. The maximum atomic E-state index is 14.2. The van der Waals surface area contributed by atoms with Crippen molar-refractivity contribution in [1.82, 2.24) is 9.78 Å². The molecule has 1 amide bonds. The van der Waals surface area contributed by atoms with Crippen LogP contribution in [0.15, 0.2) is 65.5 Å². The van der Waals surface area contributed by atoms with E-state index >= 15 is 0 Å². The predicted molar refractivity (Wildman–Crippen MR) is 116 cm³/mol. The number of benzene rings is 3. The van der Waals surface area contributed by atoms with Gasteiger partial charge in [-0.1, -0.05) is 18.2 Å². The minimum atomic E-state index is -0.890. The van der Waals surface area contributed by atoms with Crippen LogP contribution in [0.4, 0.5) is 14.5 Å². The number of ether oxygens (including phenoxy) is 1. The lowest BCUT2D eigenvalue weighted by Crippen LogP contribution is -2.20. The summed E-state index contributed by atoms with van der Waals surface area (Å²) in [6.07, 6.45) is 5.13. The average molecular weight is 431 g/mol. The third-order valence-electron chi connectivity index (χ3n) is 4.69. The number of hydrogen-bond donors (Lipinski definition) is 1. The smallest absolute Gasteiger partial charge is 0.300 e. The van der Waals surface area contributed by atoms with Crippen LogP contribution >= 0.6 is 0 Å². The molecule has 32 heavy (non-hydrogen) atoms. The summed E-state index contributed by atoms with van der Waals surface area (Å²) in [7, 11) is 1.50. The van der Waals surface area contributed by atoms with Crippen molar-refractivity contribution in [2.24, 2.45) is 7.05 Å². The van der Waals surface area contributed by atoms with Crippen molar-refractivity contribution < 1.29 is 18.3 Å². The molecule has 0 spiro atoms. The Morgan fingerprint density at radius 1 is 1.06 bits per heavy atom. The first kappa shape index (κ1) is 20.8. The van der Waals surface area contributed by atoms with Crippen molar-refractivity contribution in [2.75, 3.05) is 5.32 Å². The van der Waals surface area contributed by atoms with Crippen molar-refractivity contribution in [3.05, 3.63) is 82.7 Å². The molecule has 0 aliphatic rings. The molecule has 0 saturated carbocycles. The highest BCUT2D eigenvalue weighted by Gasteiger charge is 2.18. The Labute approximate surface area is 181 Å². The molecule has 0 radical (unpaired) electrons. The molecule has 4 aromatic rings. The Kier molecular flexibility index (Phi) is 5.39. The highest BCUT2D eigenvalue weighted by Crippen LogP contribution is 2.38. The van der Waals surface area contributed by atoms with Gasteiger partial charge in [0.1, 0.15) is 17.3 Å². The molecule has 0 saturated heterocycles. The second-order valence-electron chi connectivity index (χ2n) is 6.81. The maximum absolute atomic E-state index is 14.2. The van der Waals surface area contributed by atoms with Gasteiger partial charge in [0.15, 0.2) is 11.6 Å². The van der Waals surface area contributed by atoms with Gasteiger partial charge in [0.05, 0.1) is 5.39 Å². The van der Waals surface area contributed by atoms with Gasteiger partial charge in [0, 0.05) is 29.8 Å². The largest absolute Gasteiger partial charge is 0.454 e. The molecule has 0 unspecified atom stereocenters. The van der Waals surface area contributed by atoms with E-state index in [-0.39, 0.29) is 17.1 Å². The van der Waals surface area contributed by atoms with Crippen molar-refractivity contribution in [3.8, 4) is 35.1 Å². The molecule has 0 fully saturated rings. The predicted octanol–water partition coefficient (Wildman–Crippen LogP) is 4.24. The molecule has 0 aliphatic heterocycles. The van der Waals surface area contributed by atoms with E-state index in [1.807, 2.05) is 5.92 Å². The number of hydrogen-bond acceptors (Lipinski definition) is 4. The van der Waals surface area contributed by atoms with Gasteiger partial charge in [-0.25, -0.2) is 13.5 Å². The van der Waals surface area contributed by atoms with Crippen LogP contribution in [0.5, 0.6) is 11.5 Å². The van der Waals surface area contributed by atoms with Gasteiger partial charge in [-0.05, 0) is 42.3 Å². The Hall–Kier alpha value is -4.51. The minimum absolute atomic E-state index is 0.172. The first-order valence-electron chi connectivity index (χ1n) is 9.38. The normalized spacial score (nSPS) is 10.6. The van der Waals surface area contributed by atoms with E-state index in [1.165, 1.54) is 23.9 Å². The molecule has 1 aromatic heterocycles. The Balaban J connectivity index is 1.95. The van der Waals surface area contributed by atoms with Crippen LogP contribution in [0.1, 0.15) is 0 Å². The van der Waals surface area contributed by atoms with Crippen molar-refractivity contribution in [1.29, 1.82) is 0 Å². The van der Waals surface area contributed by atoms with E-state index in [0.717, 1.165) is 12.1 Å². The zero-order valence-electron chi connectivity index (χ0n) is 16.7. The molecule has 3 aromatic carbocycles. The summed E-state index contributed by atoms with van der Waals surface area (Å²) >= 11 is 0. The molecule has 8 heteroatoms. The number of carbonyl (C=O) groups excluding carboxylic acids is 1. The summed E-state index contributed by atoms with van der Waals surface area (Å²) in [5.74, 6) is -0.368. The first-order valence-corrected chi connectivity index (χ1v) is 9.38. The fourth-order valence-electron chi connectivity index (χ4n) is 3.22. The first-order chi connectivity index (χ1) is 15.4. The van der Waals surface area contributed by atoms with E-state index in [1.54, 1.807) is 30.3 Å². The maximum Gasteiger partial charge on any atom is 0.300 e. The van der Waals surface area contributed by atoms with Crippen LogP contribution in [0.25, 0.3) is 22.0 Å². The van der Waals surface area contributed by atoms with Crippen LogP contribution in [0.2, 0.25) is 0 Å². The van der Waals surface area contributed by atoms with Gasteiger partial charge in [0.25, 0.3) is 11.5 Å². The summed E-state index contributed by atoms with van der Waals surface area (Å²) < 4.78 is 34.4. The highest BCUT2D eigenvalue weighted by molar-refractivity contribution is 6.04. The van der Waals surface area contributed by atoms with Crippen LogP contribution in [0, 0.1) is 24.0 Å². The SMILES string of the molecule is C#CC(=O)Nc1ccc(Oc2ccc(F)cc2F)c(-c2nn(C)c(=O)c3ccccc23)c1. The average Bonchev–Trinajstić information content (AvgIpc) is 2.79. The van der Waals surface area contributed by atoms with E-state index in [9.17, 15) is 18.4 Å². The monoisotopic (exact) mass is 431 g/mol.